The van der Waals surface area contributed by atoms with E-state index >= 15 is 0 Å². The summed E-state index contributed by atoms with van der Waals surface area (Å²) >= 11 is 0. The molecule has 0 spiro atoms. The summed E-state index contributed by atoms with van der Waals surface area (Å²) in [6, 6.07) is 11.3. The zero-order valence-corrected chi connectivity index (χ0v) is 16.7. The molecule has 7 heteroatoms. The number of carbonyl (C=O) groups is 2. The molecule has 2 aromatic heterocycles. The number of H-pyrrole nitrogens is 1. The maximum atomic E-state index is 13.0. The van der Waals surface area contributed by atoms with Gasteiger partial charge in [-0.3, -0.25) is 14.7 Å². The number of benzene rings is 1. The summed E-state index contributed by atoms with van der Waals surface area (Å²) in [6.07, 6.45) is 6.15. The van der Waals surface area contributed by atoms with Crippen LogP contribution in [-0.2, 0) is 17.6 Å². The van der Waals surface area contributed by atoms with E-state index in [1.165, 1.54) is 0 Å². The van der Waals surface area contributed by atoms with E-state index in [0.717, 1.165) is 60.4 Å². The maximum Gasteiger partial charge on any atom is 0.274 e. The first-order valence-corrected chi connectivity index (χ1v) is 10.5. The van der Waals surface area contributed by atoms with Gasteiger partial charge in [-0.2, -0.15) is 5.10 Å². The molecule has 30 heavy (non-hydrogen) atoms. The van der Waals surface area contributed by atoms with Crippen molar-refractivity contribution in [2.24, 2.45) is 5.92 Å². The van der Waals surface area contributed by atoms with Crippen molar-refractivity contribution in [3.05, 3.63) is 59.6 Å². The van der Waals surface area contributed by atoms with Crippen molar-refractivity contribution in [2.75, 3.05) is 18.4 Å². The highest BCUT2D eigenvalue weighted by molar-refractivity contribution is 5.96. The Hall–Kier alpha value is -3.35. The second kappa shape index (κ2) is 7.82. The maximum absolute atomic E-state index is 13.0. The van der Waals surface area contributed by atoms with Crippen LogP contribution in [0, 0.1) is 5.92 Å². The highest BCUT2D eigenvalue weighted by atomic mass is 16.3. The largest absolute Gasteiger partial charge is 0.464 e. The number of fused-ring (bicyclic) bond motifs is 1. The summed E-state index contributed by atoms with van der Waals surface area (Å²) in [5.74, 6) is 0.457. The lowest BCUT2D eigenvalue weighted by Gasteiger charge is -2.31. The molecule has 0 saturated carbocycles. The topological polar surface area (TPSA) is 91.2 Å². The van der Waals surface area contributed by atoms with Crippen LogP contribution in [-0.4, -0.2) is 40.0 Å². The molecular formula is C23H24N4O3. The van der Waals surface area contributed by atoms with Crippen LogP contribution in [0.3, 0.4) is 0 Å². The summed E-state index contributed by atoms with van der Waals surface area (Å²) < 4.78 is 5.40. The number of hydrogen-bond donors (Lipinski definition) is 2. The number of furan rings is 1. The van der Waals surface area contributed by atoms with Crippen molar-refractivity contribution in [3.63, 3.8) is 0 Å². The highest BCUT2D eigenvalue weighted by Gasteiger charge is 2.32. The van der Waals surface area contributed by atoms with Crippen LogP contribution in [0.4, 0.5) is 5.69 Å². The molecule has 3 aromatic rings. The Morgan fingerprint density at radius 2 is 2.00 bits per heavy atom. The molecule has 0 radical (unpaired) electrons. The molecule has 5 rings (SSSR count). The highest BCUT2D eigenvalue weighted by Crippen LogP contribution is 2.27. The van der Waals surface area contributed by atoms with Crippen molar-refractivity contribution >= 4 is 17.5 Å². The van der Waals surface area contributed by atoms with Crippen LogP contribution in [0.1, 0.15) is 41.0 Å². The molecule has 1 fully saturated rings. The lowest BCUT2D eigenvalue weighted by atomic mass is 9.96. The van der Waals surface area contributed by atoms with Gasteiger partial charge in [-0.05, 0) is 68.5 Å². The fourth-order valence-corrected chi connectivity index (χ4v) is 4.43. The van der Waals surface area contributed by atoms with Crippen LogP contribution in [0.25, 0.3) is 11.3 Å². The average molecular weight is 404 g/mol. The third-order valence-electron chi connectivity index (χ3n) is 6.05. The minimum atomic E-state index is -0.223. The molecule has 3 heterocycles. The van der Waals surface area contributed by atoms with E-state index in [2.05, 4.69) is 15.5 Å². The zero-order chi connectivity index (χ0) is 20.5. The summed E-state index contributed by atoms with van der Waals surface area (Å²) in [7, 11) is 0. The molecule has 0 bridgehead atoms. The van der Waals surface area contributed by atoms with Gasteiger partial charge in [0.2, 0.25) is 5.91 Å². The van der Waals surface area contributed by atoms with E-state index in [9.17, 15) is 9.59 Å². The lowest BCUT2D eigenvalue weighted by Crippen LogP contribution is -2.44. The Morgan fingerprint density at radius 3 is 2.80 bits per heavy atom. The number of aromatic amines is 1. The molecule has 154 valence electrons. The number of amides is 2. The number of piperidine rings is 1. The van der Waals surface area contributed by atoms with Gasteiger partial charge in [-0.25, -0.2) is 0 Å². The van der Waals surface area contributed by atoms with Gasteiger partial charge in [0.15, 0.2) is 5.69 Å². The minimum absolute atomic E-state index is 0.0505. The smallest absolute Gasteiger partial charge is 0.274 e. The molecule has 1 aromatic carbocycles. The molecule has 1 aliphatic heterocycles. The fraction of sp³-hybridized carbons (Fsp3) is 0.348. The van der Waals surface area contributed by atoms with Gasteiger partial charge in [0.25, 0.3) is 5.91 Å². The molecule has 7 nitrogen and oxygen atoms in total. The number of anilines is 1. The predicted molar refractivity (Wildman–Crippen MR) is 112 cm³/mol. The number of hydrogen-bond acceptors (Lipinski definition) is 4. The van der Waals surface area contributed by atoms with E-state index < -0.39 is 0 Å². The number of nitrogens with zero attached hydrogens (tertiary/aromatic N) is 2. The molecular weight excluding hydrogens is 380 g/mol. The predicted octanol–water partition coefficient (Wildman–Crippen LogP) is 3.65. The first kappa shape index (κ1) is 18.7. The van der Waals surface area contributed by atoms with Crippen molar-refractivity contribution in [1.82, 2.24) is 15.1 Å². The van der Waals surface area contributed by atoms with Crippen LogP contribution in [0.15, 0.2) is 47.1 Å². The Kier molecular flexibility index (Phi) is 4.86. The number of aryl methyl sites for hydroxylation is 1. The second-order valence-corrected chi connectivity index (χ2v) is 8.02. The number of aromatic nitrogens is 2. The van der Waals surface area contributed by atoms with E-state index in [0.29, 0.717) is 18.8 Å². The number of nitrogens with one attached hydrogen (secondary N) is 2. The van der Waals surface area contributed by atoms with Gasteiger partial charge in [-0.15, -0.1) is 0 Å². The number of rotatable bonds is 4. The van der Waals surface area contributed by atoms with E-state index in [1.807, 2.05) is 36.4 Å². The van der Waals surface area contributed by atoms with E-state index in [-0.39, 0.29) is 17.7 Å². The third-order valence-corrected chi connectivity index (χ3v) is 6.05. The SMILES string of the molecule is O=C(Nc1ccc(-c2ccco2)cc1)[C@H]1CCCN(C(=O)c2n[nH]c3c2CCC3)C1. The molecule has 1 saturated heterocycles. The van der Waals surface area contributed by atoms with Crippen LogP contribution in [0.5, 0.6) is 0 Å². The summed E-state index contributed by atoms with van der Waals surface area (Å²) in [4.78, 5) is 27.6. The standard InChI is InChI=1S/C23H24N4O3/c28-22(24-17-10-8-15(9-11-17)20-7-3-13-30-20)16-4-2-12-27(14-16)23(29)21-18-5-1-6-19(18)25-26-21/h3,7-11,13,16H,1-2,4-6,12,14H2,(H,24,28)(H,25,26)/t16-/m0/s1. The van der Waals surface area contributed by atoms with Crippen LogP contribution < -0.4 is 5.32 Å². The summed E-state index contributed by atoms with van der Waals surface area (Å²) in [5, 5.41) is 10.3. The van der Waals surface area contributed by atoms with E-state index in [4.69, 9.17) is 4.42 Å². The van der Waals surface area contributed by atoms with Crippen molar-refractivity contribution in [3.8, 4) is 11.3 Å². The molecule has 1 atom stereocenters. The number of likely N-dealkylation sites (tertiary alicyclic amines) is 1. The Bertz CT molecular complexity index is 1050. The lowest BCUT2D eigenvalue weighted by molar-refractivity contribution is -0.121. The molecule has 2 N–H and O–H groups in total. The van der Waals surface area contributed by atoms with Gasteiger partial charge in [-0.1, -0.05) is 0 Å². The monoisotopic (exact) mass is 404 g/mol. The molecule has 2 amide bonds. The van der Waals surface area contributed by atoms with E-state index in [1.54, 1.807) is 11.2 Å². The first-order valence-electron chi connectivity index (χ1n) is 10.5. The Balaban J connectivity index is 1.23. The summed E-state index contributed by atoms with van der Waals surface area (Å²) in [5.41, 5.74) is 4.38. The Labute approximate surface area is 174 Å². The van der Waals surface area contributed by atoms with Gasteiger partial charge < -0.3 is 14.6 Å². The quantitative estimate of drug-likeness (QED) is 0.694. The molecule has 0 unspecified atom stereocenters. The van der Waals surface area contributed by atoms with Crippen LogP contribution >= 0.6 is 0 Å². The van der Waals surface area contributed by atoms with Gasteiger partial charge in [0.05, 0.1) is 12.2 Å². The minimum Gasteiger partial charge on any atom is -0.464 e. The third kappa shape index (κ3) is 3.51. The fourth-order valence-electron chi connectivity index (χ4n) is 4.43. The Morgan fingerprint density at radius 1 is 1.13 bits per heavy atom. The normalized spacial score (nSPS) is 18.3. The second-order valence-electron chi connectivity index (χ2n) is 8.02. The van der Waals surface area contributed by atoms with Gasteiger partial charge in [0.1, 0.15) is 5.76 Å². The van der Waals surface area contributed by atoms with Gasteiger partial charge >= 0.3 is 0 Å². The first-order chi connectivity index (χ1) is 14.7. The zero-order valence-electron chi connectivity index (χ0n) is 16.7. The molecule has 2 aliphatic rings. The van der Waals surface area contributed by atoms with Gasteiger partial charge in [0, 0.05) is 35.6 Å². The number of carbonyl (C=O) groups excluding carboxylic acids is 2. The molecule has 1 aliphatic carbocycles. The van der Waals surface area contributed by atoms with Crippen LogP contribution in [0.2, 0.25) is 0 Å². The average Bonchev–Trinajstić information content (AvgIpc) is 3.52. The summed E-state index contributed by atoms with van der Waals surface area (Å²) in [6.45, 7) is 1.10. The van der Waals surface area contributed by atoms with Crippen molar-refractivity contribution < 1.29 is 14.0 Å². The van der Waals surface area contributed by atoms with Crippen molar-refractivity contribution in [1.29, 1.82) is 0 Å². The van der Waals surface area contributed by atoms with Crippen molar-refractivity contribution in [2.45, 2.75) is 32.1 Å².